The van der Waals surface area contributed by atoms with Crippen LogP contribution in [0.2, 0.25) is 0 Å². The summed E-state index contributed by atoms with van der Waals surface area (Å²) in [5, 5.41) is 3.05. The van der Waals surface area contributed by atoms with E-state index < -0.39 is 0 Å². The largest absolute Gasteiger partial charge is 0.465 e. The van der Waals surface area contributed by atoms with Crippen LogP contribution in [0.1, 0.15) is 298 Å². The van der Waals surface area contributed by atoms with Gasteiger partial charge in [0.05, 0.1) is 24.6 Å². The van der Waals surface area contributed by atoms with Gasteiger partial charge in [0, 0.05) is 48.7 Å². The Bertz CT molecular complexity index is 1470. The minimum absolute atomic E-state index is 0.00321. The fourth-order valence-electron chi connectivity index (χ4n) is 9.57. The van der Waals surface area contributed by atoms with E-state index in [0.29, 0.717) is 45.5 Å². The minimum atomic E-state index is -0.0714. The molecule has 1 N–H and O–H groups in total. The lowest BCUT2D eigenvalue weighted by Crippen LogP contribution is -2.36. The number of nitrogens with one attached hydrogen (secondary N) is 1. The maximum atomic E-state index is 13.0. The Balaban J connectivity index is 0.00000158. The topological polar surface area (TPSA) is 122 Å². The summed E-state index contributed by atoms with van der Waals surface area (Å²) < 4.78 is 11.5. The van der Waals surface area contributed by atoms with Crippen LogP contribution in [0.25, 0.3) is 0 Å². The zero-order valence-corrected chi connectivity index (χ0v) is 49.9. The van der Waals surface area contributed by atoms with Crippen LogP contribution in [0, 0.1) is 12.8 Å². The van der Waals surface area contributed by atoms with Crippen molar-refractivity contribution in [1.82, 2.24) is 15.1 Å². The Hall–Kier alpha value is -2.79. The fraction of sp³-hybridized carbons (Fsp3) is 0.855. The summed E-state index contributed by atoms with van der Waals surface area (Å²) in [7, 11) is 3.99. The molecule has 0 unspecified atom stereocenters. The molecule has 0 radical (unpaired) electrons. The summed E-state index contributed by atoms with van der Waals surface area (Å²) in [5.74, 6) is 0.146. The van der Waals surface area contributed by atoms with Gasteiger partial charge in [-0.25, -0.2) is 0 Å². The van der Waals surface area contributed by atoms with Crippen LogP contribution in [0.15, 0.2) is 0 Å². The highest BCUT2D eigenvalue weighted by Crippen LogP contribution is 2.33. The zero-order valence-electron chi connectivity index (χ0n) is 49.1. The van der Waals surface area contributed by atoms with Crippen LogP contribution >= 0.6 is 11.3 Å². The van der Waals surface area contributed by atoms with Gasteiger partial charge in [0.15, 0.2) is 0 Å². The first-order chi connectivity index (χ1) is 35.5. The first-order valence-electron chi connectivity index (χ1n) is 30.6. The maximum Gasteiger partial charge on any atom is 0.308 e. The van der Waals surface area contributed by atoms with Crippen LogP contribution in [0.3, 0.4) is 0 Å². The van der Waals surface area contributed by atoms with Gasteiger partial charge in [0.25, 0.3) is 5.91 Å². The van der Waals surface area contributed by atoms with Crippen molar-refractivity contribution in [3.8, 4) is 0 Å². The molecule has 1 aliphatic heterocycles. The van der Waals surface area contributed by atoms with Gasteiger partial charge in [-0.05, 0) is 104 Å². The second kappa shape index (κ2) is 50.1. The Morgan fingerprint density at radius 1 is 0.644 bits per heavy atom. The number of nitrogens with zero attached hydrogens (tertiary/aromatic N) is 2. The van der Waals surface area contributed by atoms with E-state index in [4.69, 9.17) is 9.47 Å². The molecule has 10 nitrogen and oxygen atoms in total. The van der Waals surface area contributed by atoms with Gasteiger partial charge < -0.3 is 29.4 Å². The summed E-state index contributed by atoms with van der Waals surface area (Å²) in [6.45, 7) is 18.1. The number of rotatable bonds is 45. The van der Waals surface area contributed by atoms with Crippen molar-refractivity contribution in [3.05, 3.63) is 20.9 Å². The Morgan fingerprint density at radius 3 is 1.63 bits per heavy atom. The third kappa shape index (κ3) is 37.6. The van der Waals surface area contributed by atoms with Crippen LogP contribution in [-0.2, 0) is 41.6 Å². The monoisotopic (exact) mass is 1050 g/mol. The lowest BCUT2D eigenvalue weighted by molar-refractivity contribution is -0.150. The molecule has 426 valence electrons. The Labute approximate surface area is 453 Å². The molecule has 1 aromatic heterocycles. The molecule has 0 spiro atoms. The lowest BCUT2D eigenvalue weighted by Gasteiger charge is -2.27. The second-order valence-electron chi connectivity index (χ2n) is 21.0. The summed E-state index contributed by atoms with van der Waals surface area (Å²) in [6, 6.07) is 0. The molecule has 0 bridgehead atoms. The molecule has 73 heavy (non-hydrogen) atoms. The van der Waals surface area contributed by atoms with E-state index in [9.17, 15) is 24.0 Å². The van der Waals surface area contributed by atoms with Gasteiger partial charge in [-0.15, -0.1) is 11.3 Å². The molecule has 2 amide bonds. The van der Waals surface area contributed by atoms with Crippen LogP contribution < -0.4 is 5.32 Å². The molecular formula is C62H115N3O7S. The molecule has 0 atom stereocenters. The molecule has 0 saturated heterocycles. The number of amides is 2. The highest BCUT2D eigenvalue weighted by molar-refractivity contribution is 7.12. The van der Waals surface area contributed by atoms with Crippen molar-refractivity contribution in [2.45, 2.75) is 299 Å². The number of fused-ring (bicyclic) bond motifs is 1. The average Bonchev–Trinajstić information content (AvgIpc) is 3.72. The Kier molecular flexibility index (Phi) is 48.1. The van der Waals surface area contributed by atoms with Gasteiger partial charge in [0.1, 0.15) is 12.4 Å². The molecule has 0 fully saturated rings. The number of carbonyl (C=O) groups excluding carboxylic acids is 5. The van der Waals surface area contributed by atoms with Gasteiger partial charge in [-0.2, -0.15) is 0 Å². The van der Waals surface area contributed by atoms with E-state index in [1.165, 1.54) is 141 Å². The third-order valence-electron chi connectivity index (χ3n) is 14.1. The SMILES string of the molecule is CC.CCCCCCCCC(CCCCCCCC)C(=O)OCCCCCC(=O)N1CCc2c(sc(C)c2C(=O)NCCN(C)C)C1.CCCCCCCCC(CCCCCCCC)OC(=O)CCCCC=O. The minimum Gasteiger partial charge on any atom is -0.465 e. The highest BCUT2D eigenvalue weighted by atomic mass is 32.1. The fourth-order valence-corrected chi connectivity index (χ4v) is 10.8. The Morgan fingerprint density at radius 2 is 1.12 bits per heavy atom. The number of aldehydes is 1. The number of thiophene rings is 1. The maximum absolute atomic E-state index is 13.0. The van der Waals surface area contributed by atoms with Crippen molar-refractivity contribution < 1.29 is 33.4 Å². The first-order valence-corrected chi connectivity index (χ1v) is 31.5. The van der Waals surface area contributed by atoms with Gasteiger partial charge in [-0.1, -0.05) is 183 Å². The number of esters is 2. The number of aryl methyl sites for hydroxylation is 1. The number of unbranched alkanes of at least 4 members (excludes halogenated alkanes) is 24. The van der Waals surface area contributed by atoms with Crippen LogP contribution in [0.4, 0.5) is 0 Å². The van der Waals surface area contributed by atoms with Crippen LogP contribution in [0.5, 0.6) is 0 Å². The zero-order chi connectivity index (χ0) is 54.2. The summed E-state index contributed by atoms with van der Waals surface area (Å²) >= 11 is 1.65. The number of likely N-dealkylation sites (N-methyl/N-ethyl adjacent to an activating group) is 1. The number of carbonyl (C=O) groups is 5. The molecule has 11 heteroatoms. The van der Waals surface area contributed by atoms with Crippen LogP contribution in [-0.4, -0.2) is 86.3 Å². The summed E-state index contributed by atoms with van der Waals surface area (Å²) in [5.41, 5.74) is 1.94. The van der Waals surface area contributed by atoms with Gasteiger partial charge in [-0.3, -0.25) is 19.2 Å². The predicted molar refractivity (Wildman–Crippen MR) is 310 cm³/mol. The average molecular weight is 1050 g/mol. The van der Waals surface area contributed by atoms with Crippen molar-refractivity contribution in [2.24, 2.45) is 5.92 Å². The first kappa shape index (κ1) is 70.2. The van der Waals surface area contributed by atoms with E-state index in [0.717, 1.165) is 111 Å². The normalized spacial score (nSPS) is 12.0. The molecule has 0 saturated carbocycles. The van der Waals surface area contributed by atoms with Gasteiger partial charge in [0.2, 0.25) is 5.91 Å². The predicted octanol–water partition coefficient (Wildman–Crippen LogP) is 16.6. The molecule has 2 heterocycles. The van der Waals surface area contributed by atoms with E-state index in [1.54, 1.807) is 11.3 Å². The second-order valence-corrected chi connectivity index (χ2v) is 22.3. The molecule has 0 aromatic carbocycles. The van der Waals surface area contributed by atoms with E-state index in [-0.39, 0.29) is 35.8 Å². The van der Waals surface area contributed by atoms with Crippen molar-refractivity contribution in [2.75, 3.05) is 40.3 Å². The highest BCUT2D eigenvalue weighted by Gasteiger charge is 2.28. The number of hydrogen-bond acceptors (Lipinski definition) is 9. The van der Waals surface area contributed by atoms with Gasteiger partial charge >= 0.3 is 11.9 Å². The molecule has 1 aromatic rings. The van der Waals surface area contributed by atoms with Crippen molar-refractivity contribution in [1.29, 1.82) is 0 Å². The molecular weight excluding hydrogens is 931 g/mol. The number of ether oxygens (including phenoxy) is 2. The third-order valence-corrected chi connectivity index (χ3v) is 15.2. The molecule has 2 rings (SSSR count). The molecule has 1 aliphatic rings. The quantitative estimate of drug-likeness (QED) is 0.0389. The smallest absolute Gasteiger partial charge is 0.308 e. The number of hydrogen-bond donors (Lipinski definition) is 1. The standard InChI is InChI=1S/C37H65N3O4S.C23H44O3.C2H6/c1-6-8-10-12-14-17-21-31(22-18-15-13-11-9-7-2)37(43)44-28-20-16-19-23-34(41)40-26-24-32-33(29-40)45-30(3)35(32)36(42)38-25-27-39(4)5;1-3-5-7-9-11-14-18-22(19-15-12-10-8-6-4-2)26-23(25)20-16-13-17-21-24;1-2/h31H,6-29H2,1-5H3,(H,38,42);21-22H,3-20H2,1-2H3;1-2H3. The lowest BCUT2D eigenvalue weighted by atomic mass is 9.94. The summed E-state index contributed by atoms with van der Waals surface area (Å²) in [6.07, 6.45) is 41.5. The van der Waals surface area contributed by atoms with Crippen molar-refractivity contribution >= 4 is 41.4 Å². The summed E-state index contributed by atoms with van der Waals surface area (Å²) in [4.78, 5) is 67.4. The molecule has 0 aliphatic carbocycles. The van der Waals surface area contributed by atoms with E-state index >= 15 is 0 Å². The van der Waals surface area contributed by atoms with E-state index in [1.807, 2.05) is 39.8 Å². The van der Waals surface area contributed by atoms with E-state index in [2.05, 4.69) is 37.9 Å². The van der Waals surface area contributed by atoms with Crippen molar-refractivity contribution in [3.63, 3.8) is 0 Å².